The third-order valence-electron chi connectivity index (χ3n) is 1.97. The van der Waals surface area contributed by atoms with E-state index < -0.39 is 11.7 Å². The van der Waals surface area contributed by atoms with Crippen LogP contribution in [0.1, 0.15) is 16.2 Å². The zero-order valence-corrected chi connectivity index (χ0v) is 8.53. The maximum Gasteiger partial charge on any atom is 0.294 e. The third kappa shape index (κ3) is 2.08. The van der Waals surface area contributed by atoms with Crippen LogP contribution in [0.5, 0.6) is 0 Å². The molecule has 1 N–H and O–H groups in total. The molecule has 1 aromatic heterocycles. The lowest BCUT2D eigenvalue weighted by molar-refractivity contribution is 0.0987. The van der Waals surface area contributed by atoms with E-state index in [1.165, 1.54) is 18.2 Å². The predicted octanol–water partition coefficient (Wildman–Crippen LogP) is 2.37. The second-order valence-electron chi connectivity index (χ2n) is 3.27. The third-order valence-corrected chi connectivity index (χ3v) is 1.97. The summed E-state index contributed by atoms with van der Waals surface area (Å²) in [5.74, 6) is -0.960. The minimum Gasteiger partial charge on any atom is -0.351 e. The number of nitrogens with zero attached hydrogens (tertiary/aromatic N) is 1. The van der Waals surface area contributed by atoms with Gasteiger partial charge in [0.2, 0.25) is 5.76 Å². The fourth-order valence-electron chi connectivity index (χ4n) is 1.22. The Hall–Kier alpha value is -2.17. The van der Waals surface area contributed by atoms with Gasteiger partial charge in [0.25, 0.3) is 5.91 Å². The molecule has 0 atom stereocenters. The highest BCUT2D eigenvalue weighted by Crippen LogP contribution is 2.14. The number of benzene rings is 1. The van der Waals surface area contributed by atoms with Crippen molar-refractivity contribution in [3.05, 3.63) is 47.6 Å². The molecule has 0 saturated carbocycles. The Morgan fingerprint density at radius 3 is 2.81 bits per heavy atom. The van der Waals surface area contributed by atoms with Crippen molar-refractivity contribution in [2.75, 3.05) is 5.32 Å². The van der Waals surface area contributed by atoms with Gasteiger partial charge in [0.05, 0.1) is 11.4 Å². The molecule has 1 heterocycles. The number of aryl methyl sites for hydroxylation is 1. The number of halogens is 1. The largest absolute Gasteiger partial charge is 0.351 e. The van der Waals surface area contributed by atoms with Crippen LogP contribution in [0.2, 0.25) is 0 Å². The molecule has 0 aliphatic heterocycles. The second kappa shape index (κ2) is 4.14. The van der Waals surface area contributed by atoms with E-state index in [1.54, 1.807) is 19.1 Å². The minimum atomic E-state index is -0.523. The van der Waals surface area contributed by atoms with Crippen LogP contribution in [0.25, 0.3) is 0 Å². The van der Waals surface area contributed by atoms with Gasteiger partial charge in [-0.3, -0.25) is 4.79 Å². The Bertz CT molecular complexity index is 522. The number of aromatic nitrogens is 1. The molecule has 0 saturated heterocycles. The number of rotatable bonds is 2. The van der Waals surface area contributed by atoms with E-state index >= 15 is 0 Å². The molecular weight excluding hydrogens is 211 g/mol. The van der Waals surface area contributed by atoms with Crippen molar-refractivity contribution in [3.8, 4) is 0 Å². The first-order valence-corrected chi connectivity index (χ1v) is 4.66. The number of anilines is 1. The van der Waals surface area contributed by atoms with Crippen molar-refractivity contribution < 1.29 is 13.7 Å². The first-order valence-electron chi connectivity index (χ1n) is 4.66. The highest BCUT2D eigenvalue weighted by atomic mass is 19.1. The number of nitrogens with one attached hydrogen (secondary N) is 1. The summed E-state index contributed by atoms with van der Waals surface area (Å²) in [6, 6.07) is 7.39. The van der Waals surface area contributed by atoms with E-state index in [0.717, 1.165) is 0 Å². The van der Waals surface area contributed by atoms with Crippen LogP contribution in [-0.4, -0.2) is 11.1 Å². The van der Waals surface area contributed by atoms with Crippen LogP contribution in [0.4, 0.5) is 10.1 Å². The van der Waals surface area contributed by atoms with Crippen molar-refractivity contribution in [1.82, 2.24) is 5.16 Å². The Morgan fingerprint density at radius 1 is 1.44 bits per heavy atom. The molecule has 4 nitrogen and oxygen atoms in total. The average Bonchev–Trinajstić information content (AvgIpc) is 2.68. The van der Waals surface area contributed by atoms with E-state index in [4.69, 9.17) is 4.52 Å². The van der Waals surface area contributed by atoms with Crippen LogP contribution >= 0.6 is 0 Å². The molecule has 16 heavy (non-hydrogen) atoms. The van der Waals surface area contributed by atoms with Crippen LogP contribution in [0, 0.1) is 12.7 Å². The summed E-state index contributed by atoms with van der Waals surface area (Å²) in [6.45, 7) is 1.70. The molecule has 1 aromatic carbocycles. The van der Waals surface area contributed by atoms with Crippen molar-refractivity contribution in [2.45, 2.75) is 6.92 Å². The van der Waals surface area contributed by atoms with Crippen molar-refractivity contribution in [1.29, 1.82) is 0 Å². The van der Waals surface area contributed by atoms with E-state index in [-0.39, 0.29) is 11.4 Å². The standard InChI is InChI=1S/C11H9FN2O2/c1-7-6-10(16-14-7)11(15)13-9-5-3-2-4-8(9)12/h2-6H,1H3,(H,13,15). The topological polar surface area (TPSA) is 55.1 Å². The number of amides is 1. The summed E-state index contributed by atoms with van der Waals surface area (Å²) in [5, 5.41) is 5.96. The van der Waals surface area contributed by atoms with Gasteiger partial charge >= 0.3 is 0 Å². The lowest BCUT2D eigenvalue weighted by Gasteiger charge is -2.02. The molecule has 82 valence electrons. The monoisotopic (exact) mass is 220 g/mol. The maximum atomic E-state index is 13.2. The highest BCUT2D eigenvalue weighted by Gasteiger charge is 2.13. The normalized spacial score (nSPS) is 10.1. The van der Waals surface area contributed by atoms with E-state index in [9.17, 15) is 9.18 Å². The molecule has 2 rings (SSSR count). The maximum absolute atomic E-state index is 13.2. The van der Waals surface area contributed by atoms with Gasteiger partial charge in [-0.1, -0.05) is 17.3 Å². The minimum absolute atomic E-state index is 0.0563. The fraction of sp³-hybridized carbons (Fsp3) is 0.0909. The first-order chi connectivity index (χ1) is 7.66. The Labute approximate surface area is 91.1 Å². The van der Waals surface area contributed by atoms with Crippen LogP contribution in [-0.2, 0) is 0 Å². The zero-order valence-electron chi connectivity index (χ0n) is 8.53. The van der Waals surface area contributed by atoms with Gasteiger partial charge < -0.3 is 9.84 Å². The Balaban J connectivity index is 2.17. The number of carbonyl (C=O) groups excluding carboxylic acids is 1. The molecule has 1 amide bonds. The van der Waals surface area contributed by atoms with Gasteiger partial charge in [-0.25, -0.2) is 4.39 Å². The fourth-order valence-corrected chi connectivity index (χ4v) is 1.22. The molecule has 5 heteroatoms. The van der Waals surface area contributed by atoms with Crippen molar-refractivity contribution in [3.63, 3.8) is 0 Å². The predicted molar refractivity (Wildman–Crippen MR) is 55.6 cm³/mol. The number of hydrogen-bond acceptors (Lipinski definition) is 3. The van der Waals surface area contributed by atoms with E-state index in [1.807, 2.05) is 0 Å². The molecule has 0 spiro atoms. The van der Waals surface area contributed by atoms with E-state index in [0.29, 0.717) is 5.69 Å². The number of para-hydroxylation sites is 1. The summed E-state index contributed by atoms with van der Waals surface area (Å²) in [6.07, 6.45) is 0. The molecule has 2 aromatic rings. The summed E-state index contributed by atoms with van der Waals surface area (Å²) in [4.78, 5) is 11.6. The molecular formula is C11H9FN2O2. The Kier molecular flexibility index (Phi) is 2.68. The Morgan fingerprint density at radius 2 is 2.19 bits per heavy atom. The lowest BCUT2D eigenvalue weighted by atomic mass is 10.3. The summed E-state index contributed by atoms with van der Waals surface area (Å²) < 4.78 is 18.0. The summed E-state index contributed by atoms with van der Waals surface area (Å²) >= 11 is 0. The van der Waals surface area contributed by atoms with Crippen LogP contribution in [0.15, 0.2) is 34.9 Å². The molecule has 0 unspecified atom stereocenters. The van der Waals surface area contributed by atoms with Crippen LogP contribution in [0.3, 0.4) is 0 Å². The summed E-state index contributed by atoms with van der Waals surface area (Å²) in [5.41, 5.74) is 0.709. The van der Waals surface area contributed by atoms with Gasteiger partial charge in [0.1, 0.15) is 5.82 Å². The van der Waals surface area contributed by atoms with Gasteiger partial charge in [0, 0.05) is 6.07 Å². The lowest BCUT2D eigenvalue weighted by Crippen LogP contribution is -2.11. The van der Waals surface area contributed by atoms with Gasteiger partial charge in [-0.05, 0) is 19.1 Å². The molecule has 0 bridgehead atoms. The van der Waals surface area contributed by atoms with Gasteiger partial charge in [-0.15, -0.1) is 0 Å². The second-order valence-corrected chi connectivity index (χ2v) is 3.27. The summed E-state index contributed by atoms with van der Waals surface area (Å²) in [7, 11) is 0. The first kappa shape index (κ1) is 10.4. The number of carbonyl (C=O) groups is 1. The van der Waals surface area contributed by atoms with Crippen molar-refractivity contribution in [2.24, 2.45) is 0 Å². The van der Waals surface area contributed by atoms with E-state index in [2.05, 4.69) is 10.5 Å². The molecule has 0 fully saturated rings. The van der Waals surface area contributed by atoms with Gasteiger partial charge in [-0.2, -0.15) is 0 Å². The zero-order chi connectivity index (χ0) is 11.5. The van der Waals surface area contributed by atoms with Gasteiger partial charge in [0.15, 0.2) is 0 Å². The molecule has 0 aliphatic carbocycles. The SMILES string of the molecule is Cc1cc(C(=O)Nc2ccccc2F)on1. The molecule has 0 radical (unpaired) electrons. The highest BCUT2D eigenvalue weighted by molar-refractivity contribution is 6.02. The average molecular weight is 220 g/mol. The number of hydrogen-bond donors (Lipinski definition) is 1. The van der Waals surface area contributed by atoms with Crippen LogP contribution < -0.4 is 5.32 Å². The quantitative estimate of drug-likeness (QED) is 0.845. The molecule has 0 aliphatic rings. The van der Waals surface area contributed by atoms with Crippen molar-refractivity contribution >= 4 is 11.6 Å². The smallest absolute Gasteiger partial charge is 0.294 e.